The number of piperidine rings is 1. The number of carbonyl (C=O) groups is 1. The zero-order valence-electron chi connectivity index (χ0n) is 12.2. The van der Waals surface area contributed by atoms with E-state index in [1.165, 1.54) is 38.5 Å². The summed E-state index contributed by atoms with van der Waals surface area (Å²) in [6.07, 6.45) is 7.95. The maximum atomic E-state index is 11.3. The van der Waals surface area contributed by atoms with Crippen LogP contribution in [0.15, 0.2) is 12.4 Å². The van der Waals surface area contributed by atoms with E-state index in [0.29, 0.717) is 11.7 Å². The molecule has 0 spiro atoms. The van der Waals surface area contributed by atoms with Gasteiger partial charge in [-0.1, -0.05) is 0 Å². The lowest BCUT2D eigenvalue weighted by molar-refractivity contribution is 0.0690. The second kappa shape index (κ2) is 6.39. The molecule has 2 fully saturated rings. The Bertz CT molecular complexity index is 502. The third-order valence-corrected chi connectivity index (χ3v) is 4.42. The minimum Gasteiger partial charge on any atom is -0.476 e. The topological polar surface area (TPSA) is 69.6 Å². The molecule has 3 rings (SSSR count). The molecule has 6 heteroatoms. The summed E-state index contributed by atoms with van der Waals surface area (Å²) in [4.78, 5) is 24.1. The average Bonchev–Trinajstić information content (AvgIpc) is 3.00. The first kappa shape index (κ1) is 14.3. The molecular weight excluding hydrogens is 268 g/mol. The van der Waals surface area contributed by atoms with E-state index in [0.717, 1.165) is 26.1 Å². The van der Waals surface area contributed by atoms with Gasteiger partial charge in [-0.05, 0) is 44.7 Å². The molecule has 0 aliphatic carbocycles. The fraction of sp³-hybridized carbons (Fsp3) is 0.667. The number of carboxylic acids is 1. The average molecular weight is 290 g/mol. The van der Waals surface area contributed by atoms with Gasteiger partial charge >= 0.3 is 5.97 Å². The molecule has 1 unspecified atom stereocenters. The van der Waals surface area contributed by atoms with Gasteiger partial charge in [0.15, 0.2) is 11.5 Å². The summed E-state index contributed by atoms with van der Waals surface area (Å²) < 4.78 is 0. The third-order valence-electron chi connectivity index (χ3n) is 4.42. The number of carboxylic acid groups (broad SMARTS) is 1. The molecule has 3 heterocycles. The Morgan fingerprint density at radius 3 is 2.71 bits per heavy atom. The van der Waals surface area contributed by atoms with Crippen LogP contribution in [0.4, 0.5) is 5.82 Å². The van der Waals surface area contributed by atoms with Crippen molar-refractivity contribution in [1.29, 1.82) is 0 Å². The van der Waals surface area contributed by atoms with E-state index in [1.807, 2.05) is 0 Å². The quantitative estimate of drug-likeness (QED) is 0.906. The predicted octanol–water partition coefficient (Wildman–Crippen LogP) is 1.49. The van der Waals surface area contributed by atoms with Crippen molar-refractivity contribution in [3.8, 4) is 0 Å². The fourth-order valence-corrected chi connectivity index (χ4v) is 3.45. The van der Waals surface area contributed by atoms with Crippen LogP contribution >= 0.6 is 0 Å². The number of anilines is 1. The van der Waals surface area contributed by atoms with Crippen molar-refractivity contribution in [3.05, 3.63) is 18.1 Å². The monoisotopic (exact) mass is 290 g/mol. The maximum Gasteiger partial charge on any atom is 0.358 e. The smallest absolute Gasteiger partial charge is 0.358 e. The minimum absolute atomic E-state index is 0.0688. The van der Waals surface area contributed by atoms with Gasteiger partial charge in [-0.15, -0.1) is 0 Å². The van der Waals surface area contributed by atoms with Crippen LogP contribution in [-0.4, -0.2) is 58.7 Å². The third kappa shape index (κ3) is 3.32. The number of likely N-dealkylation sites (tertiary alicyclic amines) is 1. The van der Waals surface area contributed by atoms with Gasteiger partial charge in [0, 0.05) is 32.0 Å². The fourth-order valence-electron chi connectivity index (χ4n) is 3.45. The molecule has 114 valence electrons. The molecule has 2 aliphatic rings. The number of rotatable bonds is 4. The lowest BCUT2D eigenvalue weighted by Gasteiger charge is -2.35. The molecule has 0 amide bonds. The number of aromatic carboxylic acids is 1. The summed E-state index contributed by atoms with van der Waals surface area (Å²) in [5.74, 6) is 0.122. The van der Waals surface area contributed by atoms with E-state index in [2.05, 4.69) is 19.8 Å². The maximum absolute atomic E-state index is 11.3. The van der Waals surface area contributed by atoms with Gasteiger partial charge in [-0.2, -0.15) is 0 Å². The van der Waals surface area contributed by atoms with Crippen LogP contribution in [0.25, 0.3) is 0 Å². The number of hydrogen-bond acceptors (Lipinski definition) is 5. The molecule has 1 aromatic heterocycles. The summed E-state index contributed by atoms with van der Waals surface area (Å²) in [5.41, 5.74) is 0.0688. The highest BCUT2D eigenvalue weighted by Crippen LogP contribution is 2.25. The summed E-state index contributed by atoms with van der Waals surface area (Å²) in [6, 6.07) is 0. The number of aromatic nitrogens is 2. The first-order chi connectivity index (χ1) is 10.2. The van der Waals surface area contributed by atoms with Crippen LogP contribution in [0.3, 0.4) is 0 Å². The van der Waals surface area contributed by atoms with E-state index >= 15 is 0 Å². The van der Waals surface area contributed by atoms with Gasteiger partial charge in [0.25, 0.3) is 0 Å². The lowest BCUT2D eigenvalue weighted by Crippen LogP contribution is -2.41. The molecule has 1 N–H and O–H groups in total. The Kier molecular flexibility index (Phi) is 4.34. The van der Waals surface area contributed by atoms with Gasteiger partial charge in [-0.3, -0.25) is 0 Å². The van der Waals surface area contributed by atoms with Gasteiger partial charge in [0.2, 0.25) is 0 Å². The van der Waals surface area contributed by atoms with Crippen molar-refractivity contribution in [2.24, 2.45) is 5.92 Å². The first-order valence-corrected chi connectivity index (χ1v) is 7.75. The molecule has 6 nitrogen and oxygen atoms in total. The summed E-state index contributed by atoms with van der Waals surface area (Å²) in [6.45, 7) is 5.30. The van der Waals surface area contributed by atoms with Crippen molar-refractivity contribution < 1.29 is 9.90 Å². The van der Waals surface area contributed by atoms with Gasteiger partial charge in [0.1, 0.15) is 0 Å². The number of hydrogen-bond donors (Lipinski definition) is 1. The Labute approximate surface area is 124 Å². The van der Waals surface area contributed by atoms with Crippen molar-refractivity contribution in [1.82, 2.24) is 14.9 Å². The largest absolute Gasteiger partial charge is 0.476 e. The van der Waals surface area contributed by atoms with Gasteiger partial charge < -0.3 is 14.9 Å². The van der Waals surface area contributed by atoms with Crippen LogP contribution in [0, 0.1) is 5.92 Å². The molecule has 0 bridgehead atoms. The van der Waals surface area contributed by atoms with Crippen molar-refractivity contribution >= 4 is 11.8 Å². The lowest BCUT2D eigenvalue weighted by atomic mass is 9.97. The van der Waals surface area contributed by atoms with E-state index in [-0.39, 0.29) is 5.69 Å². The normalized spacial score (nSPS) is 23.4. The van der Waals surface area contributed by atoms with E-state index in [9.17, 15) is 9.90 Å². The zero-order chi connectivity index (χ0) is 14.7. The molecule has 21 heavy (non-hydrogen) atoms. The second-order valence-corrected chi connectivity index (χ2v) is 6.00. The van der Waals surface area contributed by atoms with Crippen LogP contribution in [0.2, 0.25) is 0 Å². The summed E-state index contributed by atoms with van der Waals surface area (Å²) in [7, 11) is 0. The minimum atomic E-state index is -1.00. The summed E-state index contributed by atoms with van der Waals surface area (Å²) >= 11 is 0. The molecule has 0 aromatic carbocycles. The predicted molar refractivity (Wildman–Crippen MR) is 79.6 cm³/mol. The highest BCUT2D eigenvalue weighted by atomic mass is 16.4. The Balaban J connectivity index is 1.69. The number of nitrogens with zero attached hydrogens (tertiary/aromatic N) is 4. The van der Waals surface area contributed by atoms with Crippen LogP contribution in [0.5, 0.6) is 0 Å². The molecule has 0 radical (unpaired) electrons. The van der Waals surface area contributed by atoms with Gasteiger partial charge in [-0.25, -0.2) is 14.8 Å². The molecular formula is C15H22N4O2. The van der Waals surface area contributed by atoms with Crippen LogP contribution in [-0.2, 0) is 0 Å². The molecule has 0 saturated carbocycles. The SMILES string of the molecule is O=C(O)c1nccnc1N1CCCC(CN2CCCC2)C1. The van der Waals surface area contributed by atoms with E-state index < -0.39 is 5.97 Å². The Morgan fingerprint density at radius 2 is 1.95 bits per heavy atom. The van der Waals surface area contributed by atoms with Crippen molar-refractivity contribution in [2.75, 3.05) is 37.6 Å². The first-order valence-electron chi connectivity index (χ1n) is 7.75. The highest BCUT2D eigenvalue weighted by Gasteiger charge is 2.27. The van der Waals surface area contributed by atoms with Crippen LogP contribution < -0.4 is 4.90 Å². The van der Waals surface area contributed by atoms with Gasteiger partial charge in [0.05, 0.1) is 0 Å². The molecule has 2 aliphatic heterocycles. The zero-order valence-corrected chi connectivity index (χ0v) is 12.2. The highest BCUT2D eigenvalue weighted by molar-refractivity contribution is 5.90. The standard InChI is InChI=1S/C15H22N4O2/c20-15(21)13-14(17-6-5-16-13)19-9-3-4-12(11-19)10-18-7-1-2-8-18/h5-6,12H,1-4,7-11H2,(H,20,21). The Hall–Kier alpha value is -1.69. The second-order valence-electron chi connectivity index (χ2n) is 6.00. The van der Waals surface area contributed by atoms with E-state index in [4.69, 9.17) is 0 Å². The summed E-state index contributed by atoms with van der Waals surface area (Å²) in [5, 5.41) is 9.25. The van der Waals surface area contributed by atoms with Crippen LogP contribution in [0.1, 0.15) is 36.2 Å². The Morgan fingerprint density at radius 1 is 1.19 bits per heavy atom. The molecule has 1 aromatic rings. The van der Waals surface area contributed by atoms with Crippen molar-refractivity contribution in [3.63, 3.8) is 0 Å². The molecule has 2 saturated heterocycles. The molecule has 1 atom stereocenters. The van der Waals surface area contributed by atoms with Crippen molar-refractivity contribution in [2.45, 2.75) is 25.7 Å². The van der Waals surface area contributed by atoms with E-state index in [1.54, 1.807) is 6.20 Å².